The molecule has 0 aliphatic rings. The second-order valence-electron chi connectivity index (χ2n) is 3.65. The lowest BCUT2D eigenvalue weighted by atomic mass is 10.0. The van der Waals surface area contributed by atoms with Crippen molar-refractivity contribution in [1.82, 2.24) is 4.57 Å². The topological polar surface area (TPSA) is 22.0 Å². The van der Waals surface area contributed by atoms with Gasteiger partial charge in [-0.15, -0.1) is 0 Å². The van der Waals surface area contributed by atoms with Crippen LogP contribution in [-0.2, 0) is 7.05 Å². The van der Waals surface area contributed by atoms with E-state index >= 15 is 0 Å². The summed E-state index contributed by atoms with van der Waals surface area (Å²) in [6.07, 6.45) is 1.77. The van der Waals surface area contributed by atoms with Crippen LogP contribution in [0.3, 0.4) is 0 Å². The summed E-state index contributed by atoms with van der Waals surface area (Å²) >= 11 is 0. The quantitative estimate of drug-likeness (QED) is 0.691. The molecule has 0 radical (unpaired) electrons. The van der Waals surface area contributed by atoms with Crippen molar-refractivity contribution in [1.29, 1.82) is 0 Å². The fourth-order valence-electron chi connectivity index (χ4n) is 1.68. The van der Waals surface area contributed by atoms with E-state index in [0.717, 1.165) is 16.7 Å². The minimum Gasteiger partial charge on any atom is -0.318 e. The zero-order chi connectivity index (χ0) is 10.8. The van der Waals surface area contributed by atoms with Gasteiger partial charge in [-0.3, -0.25) is 4.79 Å². The Labute approximate surface area is 88.8 Å². The van der Waals surface area contributed by atoms with E-state index in [9.17, 15) is 4.79 Å². The van der Waals surface area contributed by atoms with Gasteiger partial charge in [-0.2, -0.15) is 0 Å². The monoisotopic (exact) mass is 199 g/mol. The molecule has 2 heteroatoms. The van der Waals surface area contributed by atoms with Crippen LogP contribution in [0.25, 0.3) is 11.1 Å². The summed E-state index contributed by atoms with van der Waals surface area (Å²) in [7, 11) is 1.77. The van der Waals surface area contributed by atoms with E-state index in [0.29, 0.717) is 0 Å². The lowest BCUT2D eigenvalue weighted by molar-refractivity contribution is 0.863. The molecule has 0 aliphatic heterocycles. The third-order valence-corrected chi connectivity index (χ3v) is 2.56. The third-order valence-electron chi connectivity index (χ3n) is 2.56. The van der Waals surface area contributed by atoms with Crippen molar-refractivity contribution in [2.45, 2.75) is 6.92 Å². The van der Waals surface area contributed by atoms with Crippen molar-refractivity contribution >= 4 is 0 Å². The van der Waals surface area contributed by atoms with E-state index in [2.05, 4.69) is 0 Å². The summed E-state index contributed by atoms with van der Waals surface area (Å²) < 4.78 is 1.60. The zero-order valence-electron chi connectivity index (χ0n) is 8.90. The lowest BCUT2D eigenvalue weighted by Gasteiger charge is -2.06. The zero-order valence-corrected chi connectivity index (χ0v) is 8.90. The Morgan fingerprint density at radius 3 is 2.40 bits per heavy atom. The molecule has 0 saturated heterocycles. The predicted molar refractivity (Wildman–Crippen MR) is 61.9 cm³/mol. The molecular weight excluding hydrogens is 186 g/mol. The second kappa shape index (κ2) is 3.73. The second-order valence-corrected chi connectivity index (χ2v) is 3.65. The first-order chi connectivity index (χ1) is 7.20. The van der Waals surface area contributed by atoms with Crippen LogP contribution in [-0.4, -0.2) is 4.57 Å². The number of benzene rings is 1. The summed E-state index contributed by atoms with van der Waals surface area (Å²) in [6, 6.07) is 11.7. The van der Waals surface area contributed by atoms with Gasteiger partial charge in [0, 0.05) is 18.8 Å². The van der Waals surface area contributed by atoms with Crippen molar-refractivity contribution in [3.05, 3.63) is 58.5 Å². The van der Waals surface area contributed by atoms with Gasteiger partial charge in [0.2, 0.25) is 0 Å². The van der Waals surface area contributed by atoms with Gasteiger partial charge in [0.25, 0.3) is 5.56 Å². The van der Waals surface area contributed by atoms with E-state index in [1.807, 2.05) is 43.3 Å². The van der Waals surface area contributed by atoms with Crippen LogP contribution in [0.5, 0.6) is 0 Å². The van der Waals surface area contributed by atoms with Crippen molar-refractivity contribution in [2.75, 3.05) is 0 Å². The van der Waals surface area contributed by atoms with Gasteiger partial charge < -0.3 is 4.57 Å². The van der Waals surface area contributed by atoms with Crippen LogP contribution >= 0.6 is 0 Å². The highest BCUT2D eigenvalue weighted by Gasteiger charge is 2.05. The van der Waals surface area contributed by atoms with E-state index in [1.165, 1.54) is 0 Å². The fourth-order valence-corrected chi connectivity index (χ4v) is 1.68. The molecule has 0 unspecified atom stereocenters. The molecule has 1 aromatic heterocycles. The van der Waals surface area contributed by atoms with Crippen molar-refractivity contribution < 1.29 is 0 Å². The Hall–Kier alpha value is -1.83. The molecule has 0 spiro atoms. The van der Waals surface area contributed by atoms with Crippen LogP contribution in [0.2, 0.25) is 0 Å². The smallest absolute Gasteiger partial charge is 0.258 e. The number of hydrogen-bond acceptors (Lipinski definition) is 1. The molecule has 1 aromatic carbocycles. The summed E-state index contributed by atoms with van der Waals surface area (Å²) in [5.74, 6) is 0. The minimum absolute atomic E-state index is 0.0480. The SMILES string of the molecule is Cc1ccccc1-c1cccn(C)c1=O. The number of rotatable bonds is 1. The minimum atomic E-state index is 0.0480. The maximum absolute atomic E-state index is 11.9. The van der Waals surface area contributed by atoms with Gasteiger partial charge in [0.1, 0.15) is 0 Å². The van der Waals surface area contributed by atoms with E-state index < -0.39 is 0 Å². The molecule has 2 aromatic rings. The predicted octanol–water partition coefficient (Wildman–Crippen LogP) is 2.36. The van der Waals surface area contributed by atoms with Crippen LogP contribution in [0.1, 0.15) is 5.56 Å². The molecule has 15 heavy (non-hydrogen) atoms. The molecule has 2 rings (SSSR count). The fraction of sp³-hybridized carbons (Fsp3) is 0.154. The van der Waals surface area contributed by atoms with Crippen LogP contribution in [0.4, 0.5) is 0 Å². The molecule has 1 heterocycles. The van der Waals surface area contributed by atoms with Crippen LogP contribution in [0.15, 0.2) is 47.4 Å². The van der Waals surface area contributed by atoms with Crippen molar-refractivity contribution in [3.8, 4) is 11.1 Å². The lowest BCUT2D eigenvalue weighted by Crippen LogP contribution is -2.17. The van der Waals surface area contributed by atoms with Gasteiger partial charge in [-0.25, -0.2) is 0 Å². The first kappa shape index (κ1) is 9.71. The molecule has 0 bridgehead atoms. The standard InChI is InChI=1S/C13H13NO/c1-10-6-3-4-7-11(10)12-8-5-9-14(2)13(12)15/h3-9H,1-2H3. The number of aryl methyl sites for hydroxylation is 2. The average Bonchev–Trinajstić information content (AvgIpc) is 2.23. The molecule has 0 atom stereocenters. The largest absolute Gasteiger partial charge is 0.318 e. The maximum atomic E-state index is 11.9. The highest BCUT2D eigenvalue weighted by atomic mass is 16.1. The van der Waals surface area contributed by atoms with Gasteiger partial charge in [0.05, 0.1) is 0 Å². The Bertz CT molecular complexity index is 540. The molecule has 0 saturated carbocycles. The molecule has 2 nitrogen and oxygen atoms in total. The summed E-state index contributed by atoms with van der Waals surface area (Å²) in [5.41, 5.74) is 2.95. The van der Waals surface area contributed by atoms with Crippen molar-refractivity contribution in [3.63, 3.8) is 0 Å². The summed E-state index contributed by atoms with van der Waals surface area (Å²) in [4.78, 5) is 11.9. The molecular formula is C13H13NO. The Morgan fingerprint density at radius 2 is 1.67 bits per heavy atom. The Morgan fingerprint density at radius 1 is 1.00 bits per heavy atom. The molecule has 0 N–H and O–H groups in total. The number of pyridine rings is 1. The first-order valence-corrected chi connectivity index (χ1v) is 4.92. The molecule has 0 fully saturated rings. The van der Waals surface area contributed by atoms with Crippen molar-refractivity contribution in [2.24, 2.45) is 7.05 Å². The van der Waals surface area contributed by atoms with Crippen LogP contribution < -0.4 is 5.56 Å². The highest BCUT2D eigenvalue weighted by molar-refractivity contribution is 5.65. The third kappa shape index (κ3) is 1.71. The molecule has 0 amide bonds. The van der Waals surface area contributed by atoms with Gasteiger partial charge in [0.15, 0.2) is 0 Å². The summed E-state index contributed by atoms with van der Waals surface area (Å²) in [5, 5.41) is 0. The van der Waals surface area contributed by atoms with E-state index in [1.54, 1.807) is 17.8 Å². The first-order valence-electron chi connectivity index (χ1n) is 4.92. The van der Waals surface area contributed by atoms with E-state index in [4.69, 9.17) is 0 Å². The Kier molecular flexibility index (Phi) is 2.42. The van der Waals surface area contributed by atoms with Gasteiger partial charge in [-0.1, -0.05) is 24.3 Å². The number of nitrogens with zero attached hydrogens (tertiary/aromatic N) is 1. The van der Waals surface area contributed by atoms with Crippen LogP contribution in [0, 0.1) is 6.92 Å². The maximum Gasteiger partial charge on any atom is 0.258 e. The number of aromatic nitrogens is 1. The molecule has 76 valence electrons. The van der Waals surface area contributed by atoms with Gasteiger partial charge in [-0.05, 0) is 30.2 Å². The summed E-state index contributed by atoms with van der Waals surface area (Å²) in [6.45, 7) is 2.02. The number of hydrogen-bond donors (Lipinski definition) is 0. The molecule has 0 aliphatic carbocycles. The highest BCUT2D eigenvalue weighted by Crippen LogP contribution is 2.18. The van der Waals surface area contributed by atoms with E-state index in [-0.39, 0.29) is 5.56 Å². The van der Waals surface area contributed by atoms with Gasteiger partial charge >= 0.3 is 0 Å². The Balaban J connectivity index is 2.70. The average molecular weight is 199 g/mol. The normalized spacial score (nSPS) is 10.3.